The van der Waals surface area contributed by atoms with Crippen LogP contribution in [0.25, 0.3) is 0 Å². The van der Waals surface area contributed by atoms with Crippen molar-refractivity contribution in [3.63, 3.8) is 0 Å². The molecule has 2 atom stereocenters. The zero-order valence-electron chi connectivity index (χ0n) is 9.77. The van der Waals surface area contributed by atoms with Gasteiger partial charge in [0.2, 0.25) is 0 Å². The maximum absolute atomic E-state index is 4.26. The van der Waals surface area contributed by atoms with E-state index in [0.29, 0.717) is 18.0 Å². The normalized spacial score (nSPS) is 27.2. The lowest BCUT2D eigenvalue weighted by atomic mass is 9.92. The molecule has 1 aliphatic rings. The Morgan fingerprint density at radius 1 is 1.53 bits per heavy atom. The van der Waals surface area contributed by atoms with Crippen molar-refractivity contribution in [3.05, 3.63) is 12.2 Å². The van der Waals surface area contributed by atoms with Gasteiger partial charge in [0.1, 0.15) is 6.33 Å². The highest BCUT2D eigenvalue weighted by atomic mass is 15.3. The topological polar surface area (TPSA) is 42.7 Å². The average Bonchev–Trinajstić information content (AvgIpc) is 2.67. The third kappa shape index (κ3) is 2.04. The van der Waals surface area contributed by atoms with Crippen LogP contribution in [0.3, 0.4) is 0 Å². The van der Waals surface area contributed by atoms with Gasteiger partial charge in [-0.1, -0.05) is 6.92 Å². The fourth-order valence-corrected chi connectivity index (χ4v) is 2.27. The van der Waals surface area contributed by atoms with Gasteiger partial charge in [-0.3, -0.25) is 0 Å². The number of hydrogen-bond acceptors (Lipinski definition) is 3. The number of nitrogens with one attached hydrogen (secondary N) is 1. The van der Waals surface area contributed by atoms with Crippen LogP contribution in [-0.4, -0.2) is 21.3 Å². The zero-order valence-corrected chi connectivity index (χ0v) is 9.77. The molecule has 0 aromatic carbocycles. The molecule has 1 fully saturated rings. The van der Waals surface area contributed by atoms with Crippen LogP contribution in [-0.2, 0) is 0 Å². The number of rotatable bonds is 2. The van der Waals surface area contributed by atoms with Gasteiger partial charge < -0.3 is 9.88 Å². The van der Waals surface area contributed by atoms with Gasteiger partial charge in [0.05, 0.1) is 6.04 Å². The second kappa shape index (κ2) is 4.31. The summed E-state index contributed by atoms with van der Waals surface area (Å²) < 4.78 is 2.17. The molecule has 0 radical (unpaired) electrons. The molecule has 1 aliphatic heterocycles. The van der Waals surface area contributed by atoms with Crippen molar-refractivity contribution < 1.29 is 0 Å². The van der Waals surface area contributed by atoms with Crippen molar-refractivity contribution in [2.45, 2.75) is 45.7 Å². The maximum Gasteiger partial charge on any atom is 0.150 e. The van der Waals surface area contributed by atoms with E-state index >= 15 is 0 Å². The molecule has 84 valence electrons. The lowest BCUT2D eigenvalue weighted by Crippen LogP contribution is -2.35. The Bertz CT molecular complexity index is 318. The van der Waals surface area contributed by atoms with Crippen molar-refractivity contribution in [1.82, 2.24) is 20.1 Å². The molecule has 1 aromatic rings. The molecule has 1 aromatic heterocycles. The molecule has 1 saturated heterocycles. The standard InChI is InChI=1S/C11H20N4/c1-8(2)15-7-13-14-11(15)10-9(3)5-4-6-12-10/h7-10,12H,4-6H2,1-3H3. The number of hydrogen-bond donors (Lipinski definition) is 1. The highest BCUT2D eigenvalue weighted by Gasteiger charge is 2.26. The van der Waals surface area contributed by atoms with Crippen LogP contribution in [0.1, 0.15) is 51.5 Å². The minimum absolute atomic E-state index is 0.378. The Morgan fingerprint density at radius 2 is 2.33 bits per heavy atom. The van der Waals surface area contributed by atoms with Crippen LogP contribution in [0.4, 0.5) is 0 Å². The first kappa shape index (κ1) is 10.6. The van der Waals surface area contributed by atoms with Gasteiger partial charge in [-0.2, -0.15) is 0 Å². The van der Waals surface area contributed by atoms with Crippen LogP contribution >= 0.6 is 0 Å². The Kier molecular flexibility index (Phi) is 3.05. The SMILES string of the molecule is CC1CCCNC1c1nncn1C(C)C. The van der Waals surface area contributed by atoms with Crippen LogP contribution < -0.4 is 5.32 Å². The third-order valence-electron chi connectivity index (χ3n) is 3.20. The first-order valence-electron chi connectivity index (χ1n) is 5.83. The zero-order chi connectivity index (χ0) is 10.8. The van der Waals surface area contributed by atoms with Gasteiger partial charge >= 0.3 is 0 Å². The minimum Gasteiger partial charge on any atom is -0.314 e. The number of piperidine rings is 1. The molecule has 0 saturated carbocycles. The van der Waals surface area contributed by atoms with E-state index in [9.17, 15) is 0 Å². The highest BCUT2D eigenvalue weighted by Crippen LogP contribution is 2.28. The quantitative estimate of drug-likeness (QED) is 0.807. The van der Waals surface area contributed by atoms with Gasteiger partial charge in [-0.25, -0.2) is 0 Å². The second-order valence-electron chi connectivity index (χ2n) is 4.74. The highest BCUT2D eigenvalue weighted by molar-refractivity contribution is 5.00. The molecule has 0 bridgehead atoms. The monoisotopic (exact) mass is 208 g/mol. The maximum atomic E-state index is 4.26. The van der Waals surface area contributed by atoms with Crippen molar-refractivity contribution in [1.29, 1.82) is 0 Å². The van der Waals surface area contributed by atoms with Crippen LogP contribution in [0.2, 0.25) is 0 Å². The van der Waals surface area contributed by atoms with E-state index in [-0.39, 0.29) is 0 Å². The van der Waals surface area contributed by atoms with Gasteiger partial charge in [-0.05, 0) is 39.2 Å². The van der Waals surface area contributed by atoms with Crippen LogP contribution in [0.15, 0.2) is 6.33 Å². The van der Waals surface area contributed by atoms with E-state index in [2.05, 4.69) is 40.9 Å². The van der Waals surface area contributed by atoms with Crippen molar-refractivity contribution in [2.75, 3.05) is 6.54 Å². The Balaban J connectivity index is 2.23. The summed E-state index contributed by atoms with van der Waals surface area (Å²) in [5.41, 5.74) is 0. The lowest BCUT2D eigenvalue weighted by Gasteiger charge is -2.30. The molecule has 2 rings (SSSR count). The summed E-state index contributed by atoms with van der Waals surface area (Å²) in [7, 11) is 0. The summed E-state index contributed by atoms with van der Waals surface area (Å²) in [5.74, 6) is 1.75. The third-order valence-corrected chi connectivity index (χ3v) is 3.20. The fourth-order valence-electron chi connectivity index (χ4n) is 2.27. The van der Waals surface area contributed by atoms with Crippen molar-refractivity contribution in [3.8, 4) is 0 Å². The number of nitrogens with zero attached hydrogens (tertiary/aromatic N) is 3. The summed E-state index contributed by atoms with van der Waals surface area (Å²) in [6, 6.07) is 0.814. The fraction of sp³-hybridized carbons (Fsp3) is 0.818. The largest absolute Gasteiger partial charge is 0.314 e. The van der Waals surface area contributed by atoms with E-state index in [4.69, 9.17) is 0 Å². The second-order valence-corrected chi connectivity index (χ2v) is 4.74. The summed E-state index contributed by atoms with van der Waals surface area (Å²) in [4.78, 5) is 0. The van der Waals surface area contributed by atoms with Crippen LogP contribution in [0.5, 0.6) is 0 Å². The minimum atomic E-state index is 0.378. The Morgan fingerprint density at radius 3 is 3.00 bits per heavy atom. The predicted molar refractivity (Wildman–Crippen MR) is 59.5 cm³/mol. The number of aromatic nitrogens is 3. The summed E-state index contributed by atoms with van der Waals surface area (Å²) in [6.45, 7) is 7.72. The molecule has 1 N–H and O–H groups in total. The molecule has 0 spiro atoms. The van der Waals surface area contributed by atoms with Gasteiger partial charge in [0.25, 0.3) is 0 Å². The predicted octanol–water partition coefficient (Wildman–Crippen LogP) is 1.92. The Hall–Kier alpha value is -0.900. The smallest absolute Gasteiger partial charge is 0.150 e. The van der Waals surface area contributed by atoms with Gasteiger partial charge in [-0.15, -0.1) is 10.2 Å². The van der Waals surface area contributed by atoms with Crippen LogP contribution in [0, 0.1) is 5.92 Å². The lowest BCUT2D eigenvalue weighted by molar-refractivity contribution is 0.284. The Labute approximate surface area is 91.1 Å². The molecule has 2 unspecified atom stereocenters. The summed E-state index contributed by atoms with van der Waals surface area (Å²) >= 11 is 0. The van der Waals surface area contributed by atoms with Gasteiger partial charge in [0, 0.05) is 6.04 Å². The van der Waals surface area contributed by atoms with E-state index in [1.807, 2.05) is 6.33 Å². The molecule has 0 aliphatic carbocycles. The molecule has 0 amide bonds. The van der Waals surface area contributed by atoms with E-state index in [0.717, 1.165) is 12.4 Å². The molecule has 4 nitrogen and oxygen atoms in total. The van der Waals surface area contributed by atoms with E-state index < -0.39 is 0 Å². The first-order valence-corrected chi connectivity index (χ1v) is 5.83. The summed E-state index contributed by atoms with van der Waals surface area (Å²) in [5, 5.41) is 11.8. The van der Waals surface area contributed by atoms with E-state index in [1.54, 1.807) is 0 Å². The van der Waals surface area contributed by atoms with Crippen molar-refractivity contribution >= 4 is 0 Å². The van der Waals surface area contributed by atoms with Crippen molar-refractivity contribution in [2.24, 2.45) is 5.92 Å². The molecule has 4 heteroatoms. The van der Waals surface area contributed by atoms with Gasteiger partial charge in [0.15, 0.2) is 5.82 Å². The summed E-state index contributed by atoms with van der Waals surface area (Å²) in [6.07, 6.45) is 4.39. The average molecular weight is 208 g/mol. The molecular formula is C11H20N4. The molecule has 15 heavy (non-hydrogen) atoms. The first-order chi connectivity index (χ1) is 7.20. The molecular weight excluding hydrogens is 188 g/mol. The molecule has 2 heterocycles. The van der Waals surface area contributed by atoms with E-state index in [1.165, 1.54) is 12.8 Å².